The summed E-state index contributed by atoms with van der Waals surface area (Å²) in [5.74, 6) is 0.201. The van der Waals surface area contributed by atoms with Crippen molar-refractivity contribution in [1.29, 1.82) is 0 Å². The van der Waals surface area contributed by atoms with E-state index in [1.165, 1.54) is 6.33 Å². The molecule has 2 rings (SSSR count). The van der Waals surface area contributed by atoms with E-state index >= 15 is 0 Å². The summed E-state index contributed by atoms with van der Waals surface area (Å²) in [4.78, 5) is 15.6. The van der Waals surface area contributed by atoms with Crippen LogP contribution in [-0.2, 0) is 0 Å². The van der Waals surface area contributed by atoms with Crippen molar-refractivity contribution in [3.8, 4) is 5.75 Å². The van der Waals surface area contributed by atoms with E-state index in [1.54, 1.807) is 26.0 Å². The number of aromatic amines is 1. The minimum absolute atomic E-state index is 0.209. The first kappa shape index (κ1) is 11.1. The molecule has 1 amide bonds. The van der Waals surface area contributed by atoms with Gasteiger partial charge < -0.3 is 5.11 Å². The molecule has 0 fully saturated rings. The predicted molar refractivity (Wildman–Crippen MR) is 61.9 cm³/mol. The highest BCUT2D eigenvalue weighted by Gasteiger charge is 2.11. The third kappa shape index (κ3) is 2.25. The van der Waals surface area contributed by atoms with Gasteiger partial charge in [-0.1, -0.05) is 0 Å². The summed E-state index contributed by atoms with van der Waals surface area (Å²) in [6.45, 7) is 3.49. The molecule has 88 valence electrons. The van der Waals surface area contributed by atoms with Crippen LogP contribution in [0.3, 0.4) is 0 Å². The SMILES string of the molecule is Cc1cc(C(=O)Nc2ncn[nH]2)cc(C)c1O. The minimum atomic E-state index is -0.298. The van der Waals surface area contributed by atoms with Crippen molar-refractivity contribution >= 4 is 11.9 Å². The lowest BCUT2D eigenvalue weighted by molar-refractivity contribution is 0.102. The quantitative estimate of drug-likeness (QED) is 0.729. The van der Waals surface area contributed by atoms with Gasteiger partial charge in [0.05, 0.1) is 0 Å². The van der Waals surface area contributed by atoms with Gasteiger partial charge in [-0.15, -0.1) is 0 Å². The van der Waals surface area contributed by atoms with Crippen LogP contribution in [0.2, 0.25) is 0 Å². The maximum atomic E-state index is 11.8. The number of anilines is 1. The van der Waals surface area contributed by atoms with E-state index in [9.17, 15) is 9.90 Å². The molecule has 0 aliphatic rings. The summed E-state index contributed by atoms with van der Waals surface area (Å²) in [5.41, 5.74) is 1.79. The number of amides is 1. The van der Waals surface area contributed by atoms with Gasteiger partial charge in [0, 0.05) is 5.56 Å². The molecule has 1 aromatic carbocycles. The van der Waals surface area contributed by atoms with Crippen LogP contribution < -0.4 is 5.32 Å². The van der Waals surface area contributed by atoms with Gasteiger partial charge in [-0.05, 0) is 37.1 Å². The molecule has 0 aliphatic carbocycles. The zero-order valence-corrected chi connectivity index (χ0v) is 9.48. The molecule has 0 unspecified atom stereocenters. The number of carbonyl (C=O) groups excluding carboxylic acids is 1. The summed E-state index contributed by atoms with van der Waals surface area (Å²) >= 11 is 0. The highest BCUT2D eigenvalue weighted by atomic mass is 16.3. The standard InChI is InChI=1S/C11H12N4O2/c1-6-3-8(4-7(2)9(6)16)10(17)14-11-12-5-13-15-11/h3-5,16H,1-2H3,(H2,12,13,14,15,17). The number of hydrogen-bond acceptors (Lipinski definition) is 4. The number of nitrogens with zero attached hydrogens (tertiary/aromatic N) is 2. The first-order valence-corrected chi connectivity index (χ1v) is 5.05. The predicted octanol–water partition coefficient (Wildman–Crippen LogP) is 1.38. The molecule has 0 atom stereocenters. The van der Waals surface area contributed by atoms with Crippen LogP contribution in [-0.4, -0.2) is 26.2 Å². The van der Waals surface area contributed by atoms with Gasteiger partial charge in [-0.25, -0.2) is 5.10 Å². The molecule has 17 heavy (non-hydrogen) atoms. The number of benzene rings is 1. The Labute approximate surface area is 97.7 Å². The molecule has 0 saturated heterocycles. The Kier molecular flexibility index (Phi) is 2.78. The van der Waals surface area contributed by atoms with Gasteiger partial charge in [-0.2, -0.15) is 10.1 Å². The Morgan fingerprint density at radius 3 is 2.53 bits per heavy atom. The lowest BCUT2D eigenvalue weighted by Crippen LogP contribution is -2.13. The number of aryl methyl sites for hydroxylation is 2. The molecule has 1 aromatic heterocycles. The van der Waals surface area contributed by atoms with Crippen molar-refractivity contribution in [2.24, 2.45) is 0 Å². The molecule has 0 radical (unpaired) electrons. The minimum Gasteiger partial charge on any atom is -0.507 e. The topological polar surface area (TPSA) is 90.9 Å². The van der Waals surface area contributed by atoms with Crippen molar-refractivity contribution in [3.63, 3.8) is 0 Å². The molecule has 6 heteroatoms. The Balaban J connectivity index is 2.26. The summed E-state index contributed by atoms with van der Waals surface area (Å²) in [6, 6.07) is 3.24. The number of H-pyrrole nitrogens is 1. The number of nitrogens with one attached hydrogen (secondary N) is 2. The van der Waals surface area contributed by atoms with Gasteiger partial charge in [0.1, 0.15) is 12.1 Å². The van der Waals surface area contributed by atoms with Crippen molar-refractivity contribution in [2.45, 2.75) is 13.8 Å². The molecule has 0 aliphatic heterocycles. The molecule has 0 bridgehead atoms. The molecule has 2 aromatic rings. The maximum Gasteiger partial charge on any atom is 0.258 e. The highest BCUT2D eigenvalue weighted by molar-refractivity contribution is 6.03. The zero-order valence-electron chi connectivity index (χ0n) is 9.48. The second-order valence-electron chi connectivity index (χ2n) is 3.75. The number of hydrogen-bond donors (Lipinski definition) is 3. The fourth-order valence-electron chi connectivity index (χ4n) is 1.53. The number of phenols is 1. The molecular formula is C11H12N4O2. The van der Waals surface area contributed by atoms with Crippen molar-refractivity contribution < 1.29 is 9.90 Å². The Morgan fingerprint density at radius 2 is 2.00 bits per heavy atom. The van der Waals surface area contributed by atoms with E-state index < -0.39 is 0 Å². The van der Waals surface area contributed by atoms with Crippen molar-refractivity contribution in [2.75, 3.05) is 5.32 Å². The van der Waals surface area contributed by atoms with E-state index in [4.69, 9.17) is 0 Å². The van der Waals surface area contributed by atoms with Gasteiger partial charge in [-0.3, -0.25) is 10.1 Å². The van der Waals surface area contributed by atoms with Crippen LogP contribution in [0.15, 0.2) is 18.5 Å². The van der Waals surface area contributed by atoms with E-state index in [0.717, 1.165) is 0 Å². The zero-order chi connectivity index (χ0) is 12.4. The van der Waals surface area contributed by atoms with Crippen molar-refractivity contribution in [1.82, 2.24) is 15.2 Å². The fraction of sp³-hybridized carbons (Fsp3) is 0.182. The number of rotatable bonds is 2. The van der Waals surface area contributed by atoms with Crippen LogP contribution in [0.4, 0.5) is 5.95 Å². The lowest BCUT2D eigenvalue weighted by Gasteiger charge is -2.07. The lowest BCUT2D eigenvalue weighted by atomic mass is 10.1. The van der Waals surface area contributed by atoms with Gasteiger partial charge in [0.2, 0.25) is 5.95 Å². The van der Waals surface area contributed by atoms with Crippen LogP contribution in [0.1, 0.15) is 21.5 Å². The summed E-state index contributed by atoms with van der Waals surface area (Å²) < 4.78 is 0. The smallest absolute Gasteiger partial charge is 0.258 e. The maximum absolute atomic E-state index is 11.8. The molecule has 6 nitrogen and oxygen atoms in total. The first-order chi connectivity index (χ1) is 8.08. The van der Waals surface area contributed by atoms with Crippen LogP contribution in [0, 0.1) is 13.8 Å². The Hall–Kier alpha value is -2.37. The number of aromatic hydroxyl groups is 1. The summed E-state index contributed by atoms with van der Waals surface area (Å²) in [6.07, 6.45) is 1.31. The number of aromatic nitrogens is 3. The van der Waals surface area contributed by atoms with Gasteiger partial charge in [0.25, 0.3) is 5.91 Å². The van der Waals surface area contributed by atoms with Gasteiger partial charge in [0.15, 0.2) is 0 Å². The van der Waals surface area contributed by atoms with Crippen LogP contribution in [0.25, 0.3) is 0 Å². The second kappa shape index (κ2) is 4.25. The number of carbonyl (C=O) groups is 1. The normalized spacial score (nSPS) is 10.2. The third-order valence-corrected chi connectivity index (χ3v) is 2.40. The average Bonchev–Trinajstić information content (AvgIpc) is 2.77. The first-order valence-electron chi connectivity index (χ1n) is 5.05. The highest BCUT2D eigenvalue weighted by Crippen LogP contribution is 2.23. The molecule has 3 N–H and O–H groups in total. The summed E-state index contributed by atoms with van der Waals surface area (Å²) in [7, 11) is 0. The average molecular weight is 232 g/mol. The Morgan fingerprint density at radius 1 is 1.35 bits per heavy atom. The third-order valence-electron chi connectivity index (χ3n) is 2.40. The van der Waals surface area contributed by atoms with Gasteiger partial charge >= 0.3 is 0 Å². The second-order valence-corrected chi connectivity index (χ2v) is 3.75. The summed E-state index contributed by atoms with van der Waals surface area (Å²) in [5, 5.41) is 18.3. The molecule has 1 heterocycles. The fourth-order valence-corrected chi connectivity index (χ4v) is 1.53. The number of phenolic OH excluding ortho intramolecular Hbond substituents is 1. The Bertz CT molecular complexity index is 526. The molecular weight excluding hydrogens is 220 g/mol. The molecule has 0 saturated carbocycles. The van der Waals surface area contributed by atoms with E-state index in [-0.39, 0.29) is 11.7 Å². The largest absolute Gasteiger partial charge is 0.507 e. The molecule has 0 spiro atoms. The van der Waals surface area contributed by atoms with Crippen molar-refractivity contribution in [3.05, 3.63) is 35.2 Å². The monoisotopic (exact) mass is 232 g/mol. The van der Waals surface area contributed by atoms with E-state index in [2.05, 4.69) is 20.5 Å². The van der Waals surface area contributed by atoms with Crippen LogP contribution in [0.5, 0.6) is 5.75 Å². The van der Waals surface area contributed by atoms with E-state index in [1.807, 2.05) is 0 Å². The van der Waals surface area contributed by atoms with E-state index in [0.29, 0.717) is 22.6 Å². The van der Waals surface area contributed by atoms with Crippen LogP contribution >= 0.6 is 0 Å².